The number of likely N-dealkylation sites (tertiary alicyclic amines) is 1. The highest BCUT2D eigenvalue weighted by atomic mass is 35.5. The van der Waals surface area contributed by atoms with Crippen molar-refractivity contribution in [2.45, 2.75) is 32.0 Å². The maximum Gasteiger partial charge on any atom is 0.418 e. The van der Waals surface area contributed by atoms with Crippen LogP contribution in [0.2, 0.25) is 5.02 Å². The minimum Gasteiger partial charge on any atom is -0.396 e. The molecular formula is C23H26ClF3N6O3S. The van der Waals surface area contributed by atoms with Crippen LogP contribution in [0.15, 0.2) is 35.6 Å². The molecule has 3 rings (SSSR count). The minimum atomic E-state index is -4.69. The van der Waals surface area contributed by atoms with Crippen LogP contribution in [0.5, 0.6) is 0 Å². The molecule has 9 nitrogen and oxygen atoms in total. The van der Waals surface area contributed by atoms with Crippen LogP contribution in [0, 0.1) is 5.92 Å². The second-order valence-corrected chi connectivity index (χ2v) is 9.79. The fourth-order valence-electron chi connectivity index (χ4n) is 3.63. The molecule has 0 saturated carbocycles. The Balaban J connectivity index is 1.57. The zero-order chi connectivity index (χ0) is 27.2. The van der Waals surface area contributed by atoms with E-state index in [2.05, 4.69) is 30.5 Å². The van der Waals surface area contributed by atoms with Crippen molar-refractivity contribution >= 4 is 46.4 Å². The number of nitrogens with one attached hydrogen (secondary N) is 2. The van der Waals surface area contributed by atoms with Crippen LogP contribution < -0.4 is 10.6 Å². The van der Waals surface area contributed by atoms with E-state index in [-0.39, 0.29) is 29.1 Å². The predicted octanol–water partition coefficient (Wildman–Crippen LogP) is 3.93. The number of aromatic nitrogens is 2. The Bertz CT molecular complexity index is 1180. The SMILES string of the molecule is C/N=C(\C=C\C(=O)NC(C)c1ncc(C(=O)Nc2cc(C(F)(F)F)c(Cl)cn2)s1)N1CCC(CO)CC1. The summed E-state index contributed by atoms with van der Waals surface area (Å²) in [4.78, 5) is 39.2. The highest BCUT2D eigenvalue weighted by molar-refractivity contribution is 7.13. The van der Waals surface area contributed by atoms with Gasteiger partial charge in [0.1, 0.15) is 21.5 Å². The molecule has 37 heavy (non-hydrogen) atoms. The highest BCUT2D eigenvalue weighted by Crippen LogP contribution is 2.35. The van der Waals surface area contributed by atoms with Gasteiger partial charge in [0.05, 0.1) is 22.8 Å². The number of hydrogen-bond acceptors (Lipinski definition) is 7. The lowest BCUT2D eigenvalue weighted by atomic mass is 9.98. The predicted molar refractivity (Wildman–Crippen MR) is 135 cm³/mol. The van der Waals surface area contributed by atoms with E-state index < -0.39 is 28.7 Å². The molecule has 2 aromatic heterocycles. The number of thiazole rings is 1. The third kappa shape index (κ3) is 7.73. The number of nitrogens with zero attached hydrogens (tertiary/aromatic N) is 4. The van der Waals surface area contributed by atoms with Gasteiger partial charge in [0.2, 0.25) is 5.91 Å². The summed E-state index contributed by atoms with van der Waals surface area (Å²) in [6.07, 6.45) is 2.08. The van der Waals surface area contributed by atoms with Gasteiger partial charge in [0, 0.05) is 39.0 Å². The van der Waals surface area contributed by atoms with Gasteiger partial charge in [-0.1, -0.05) is 11.6 Å². The first-order valence-electron chi connectivity index (χ1n) is 11.3. The number of alkyl halides is 3. The molecule has 1 atom stereocenters. The maximum atomic E-state index is 13.0. The van der Waals surface area contributed by atoms with Gasteiger partial charge in [-0.25, -0.2) is 9.97 Å². The van der Waals surface area contributed by atoms with Crippen molar-refractivity contribution in [3.63, 3.8) is 0 Å². The Labute approximate surface area is 220 Å². The van der Waals surface area contributed by atoms with E-state index in [0.717, 1.165) is 43.5 Å². The standard InChI is InChI=1S/C23H26ClF3N6O3S/c1-13(31-20(35)4-3-19(28-2)33-7-5-14(12-34)6-8-33)22-30-11-17(37-22)21(36)32-18-9-15(23(25,26)27)16(24)10-29-18/h3-4,9-11,13-14,34H,5-8,12H2,1-2H3,(H,31,35)(H,29,32,36)/b4-3+,28-19+. The molecule has 3 N–H and O–H groups in total. The maximum absolute atomic E-state index is 13.0. The fourth-order valence-corrected chi connectivity index (χ4v) is 4.66. The molecule has 1 fully saturated rings. The minimum absolute atomic E-state index is 0.128. The largest absolute Gasteiger partial charge is 0.418 e. The van der Waals surface area contributed by atoms with Crippen molar-refractivity contribution in [1.82, 2.24) is 20.2 Å². The summed E-state index contributed by atoms with van der Waals surface area (Å²) in [5, 5.41) is 14.2. The van der Waals surface area contributed by atoms with Crippen LogP contribution in [0.4, 0.5) is 19.0 Å². The number of halogens is 4. The number of carbonyl (C=O) groups excluding carboxylic acids is 2. The molecule has 0 radical (unpaired) electrons. The molecule has 0 spiro atoms. The van der Waals surface area contributed by atoms with E-state index in [9.17, 15) is 27.9 Å². The zero-order valence-electron chi connectivity index (χ0n) is 20.0. The van der Waals surface area contributed by atoms with E-state index >= 15 is 0 Å². The van der Waals surface area contributed by atoms with Crippen LogP contribution in [0.3, 0.4) is 0 Å². The van der Waals surface area contributed by atoms with Crippen molar-refractivity contribution in [3.8, 4) is 0 Å². The number of aliphatic hydroxyl groups is 1. The van der Waals surface area contributed by atoms with Gasteiger partial charge in [-0.05, 0) is 37.8 Å². The van der Waals surface area contributed by atoms with Crippen molar-refractivity contribution in [2.75, 3.05) is 32.1 Å². The molecule has 3 heterocycles. The Kier molecular flexibility index (Phi) is 9.62. The molecular weight excluding hydrogens is 533 g/mol. The number of pyridine rings is 1. The lowest BCUT2D eigenvalue weighted by Gasteiger charge is -2.32. The third-order valence-electron chi connectivity index (χ3n) is 5.69. The molecule has 2 aromatic rings. The van der Waals surface area contributed by atoms with Gasteiger partial charge in [0.25, 0.3) is 5.91 Å². The summed E-state index contributed by atoms with van der Waals surface area (Å²) in [5.74, 6) is -0.439. The number of amidine groups is 1. The lowest BCUT2D eigenvalue weighted by molar-refractivity contribution is -0.137. The molecule has 0 bridgehead atoms. The summed E-state index contributed by atoms with van der Waals surface area (Å²) >= 11 is 6.54. The van der Waals surface area contributed by atoms with Crippen molar-refractivity contribution < 1.29 is 27.9 Å². The number of rotatable bonds is 7. The molecule has 1 aliphatic rings. The molecule has 0 aromatic carbocycles. The van der Waals surface area contributed by atoms with E-state index in [1.54, 1.807) is 20.0 Å². The van der Waals surface area contributed by atoms with Gasteiger partial charge in [-0.3, -0.25) is 14.6 Å². The number of piperidine rings is 1. The Morgan fingerprint density at radius 1 is 1.30 bits per heavy atom. The monoisotopic (exact) mass is 558 g/mol. The molecule has 200 valence electrons. The second kappa shape index (κ2) is 12.5. The first-order chi connectivity index (χ1) is 17.5. The Morgan fingerprint density at radius 3 is 2.62 bits per heavy atom. The average molecular weight is 559 g/mol. The van der Waals surface area contributed by atoms with Crippen LogP contribution in [0.1, 0.15) is 46.0 Å². The van der Waals surface area contributed by atoms with Gasteiger partial charge < -0.3 is 20.6 Å². The van der Waals surface area contributed by atoms with E-state index in [1.807, 2.05) is 0 Å². The highest BCUT2D eigenvalue weighted by Gasteiger charge is 2.34. The number of anilines is 1. The van der Waals surface area contributed by atoms with Gasteiger partial charge >= 0.3 is 6.18 Å². The summed E-state index contributed by atoms with van der Waals surface area (Å²) in [6.45, 7) is 3.34. The first kappa shape index (κ1) is 28.5. The van der Waals surface area contributed by atoms with Crippen molar-refractivity contribution in [1.29, 1.82) is 0 Å². The Morgan fingerprint density at radius 2 is 2.00 bits per heavy atom. The Hall–Kier alpha value is -3.03. The van der Waals surface area contributed by atoms with Crippen LogP contribution in [-0.4, -0.2) is 64.4 Å². The molecule has 0 aliphatic carbocycles. The third-order valence-corrected chi connectivity index (χ3v) is 7.17. The van der Waals surface area contributed by atoms with Gasteiger partial charge in [0.15, 0.2) is 0 Å². The van der Waals surface area contributed by atoms with Crippen LogP contribution >= 0.6 is 22.9 Å². The van der Waals surface area contributed by atoms with Gasteiger partial charge in [-0.15, -0.1) is 11.3 Å². The quantitative estimate of drug-likeness (QED) is 0.269. The summed E-state index contributed by atoms with van der Waals surface area (Å²) in [6, 6.07) is 0.122. The van der Waals surface area contributed by atoms with E-state index in [1.165, 1.54) is 12.3 Å². The number of carbonyl (C=O) groups is 2. The topological polar surface area (TPSA) is 120 Å². The number of amides is 2. The summed E-state index contributed by atoms with van der Waals surface area (Å²) < 4.78 is 39.1. The molecule has 1 unspecified atom stereocenters. The lowest BCUT2D eigenvalue weighted by Crippen LogP contribution is -2.38. The number of hydrogen-bond donors (Lipinski definition) is 3. The van der Waals surface area contributed by atoms with E-state index in [4.69, 9.17) is 11.6 Å². The van der Waals surface area contributed by atoms with Crippen molar-refractivity contribution in [2.24, 2.45) is 10.9 Å². The number of aliphatic imine (C=N–C) groups is 1. The zero-order valence-corrected chi connectivity index (χ0v) is 21.6. The van der Waals surface area contributed by atoms with Crippen molar-refractivity contribution in [3.05, 3.63) is 51.1 Å². The summed E-state index contributed by atoms with van der Waals surface area (Å²) in [7, 11) is 1.64. The molecule has 1 saturated heterocycles. The van der Waals surface area contributed by atoms with Gasteiger partial charge in [-0.2, -0.15) is 13.2 Å². The number of aliphatic hydroxyl groups excluding tert-OH is 1. The smallest absolute Gasteiger partial charge is 0.396 e. The molecule has 2 amide bonds. The molecule has 14 heteroatoms. The fraction of sp³-hybridized carbons (Fsp3) is 0.435. The average Bonchev–Trinajstić information content (AvgIpc) is 3.36. The van der Waals surface area contributed by atoms with E-state index in [0.29, 0.717) is 16.9 Å². The summed E-state index contributed by atoms with van der Waals surface area (Å²) in [5.41, 5.74) is -1.11. The first-order valence-corrected chi connectivity index (χ1v) is 12.5. The van der Waals surface area contributed by atoms with Crippen LogP contribution in [0.25, 0.3) is 0 Å². The molecule has 1 aliphatic heterocycles. The second-order valence-electron chi connectivity index (χ2n) is 8.32. The normalized spacial score (nSPS) is 16.2. The van der Waals surface area contributed by atoms with Crippen LogP contribution in [-0.2, 0) is 11.0 Å².